The van der Waals surface area contributed by atoms with Crippen LogP contribution in [0, 0.1) is 0 Å². The van der Waals surface area contributed by atoms with Crippen molar-refractivity contribution in [1.29, 1.82) is 0 Å². The molecule has 0 aliphatic rings. The molecule has 0 aliphatic carbocycles. The molecule has 0 bridgehead atoms. The number of hydrogen-bond acceptors (Lipinski definition) is 3. The Balaban J connectivity index is 2.34. The highest BCUT2D eigenvalue weighted by Gasteiger charge is 2.14. The summed E-state index contributed by atoms with van der Waals surface area (Å²) in [6.07, 6.45) is 0.282. The van der Waals surface area contributed by atoms with Crippen LogP contribution in [0.25, 0.3) is 0 Å². The van der Waals surface area contributed by atoms with Gasteiger partial charge in [-0.05, 0) is 36.6 Å². The number of nitrogens with one attached hydrogen (secondary N) is 3. The van der Waals surface area contributed by atoms with Gasteiger partial charge in [0, 0.05) is 31.1 Å². The molecule has 0 unspecified atom stereocenters. The van der Waals surface area contributed by atoms with Crippen molar-refractivity contribution in [2.75, 3.05) is 19.6 Å². The molecular weight excluding hydrogens is 302 g/mol. The van der Waals surface area contributed by atoms with Gasteiger partial charge in [-0.15, -0.1) is 0 Å². The normalized spacial score (nSPS) is 12.5. The van der Waals surface area contributed by atoms with E-state index < -0.39 is 0 Å². The summed E-state index contributed by atoms with van der Waals surface area (Å²) < 4.78 is 0. The number of benzene rings is 1. The van der Waals surface area contributed by atoms with Crippen molar-refractivity contribution in [3.8, 4) is 0 Å². The Bertz CT molecular complexity index is 533. The molecule has 0 radical (unpaired) electrons. The third-order valence-corrected chi connectivity index (χ3v) is 3.81. The molecule has 1 atom stereocenters. The number of hydrogen-bond donors (Lipinski definition) is 3. The van der Waals surface area contributed by atoms with Crippen LogP contribution in [0.1, 0.15) is 57.0 Å². The van der Waals surface area contributed by atoms with Crippen molar-refractivity contribution in [3.05, 3.63) is 35.4 Å². The molecule has 3 N–H and O–H groups in total. The molecule has 1 aromatic rings. The molecule has 24 heavy (non-hydrogen) atoms. The number of carbonyl (C=O) groups is 2. The summed E-state index contributed by atoms with van der Waals surface area (Å²) in [5, 5.41) is 8.86. The van der Waals surface area contributed by atoms with Gasteiger partial charge in [0.05, 0.1) is 0 Å². The summed E-state index contributed by atoms with van der Waals surface area (Å²) >= 11 is 0. The number of rotatable bonds is 8. The highest BCUT2D eigenvalue weighted by Crippen LogP contribution is 2.22. The third-order valence-electron chi connectivity index (χ3n) is 3.81. The Labute approximate surface area is 145 Å². The molecule has 5 nitrogen and oxygen atoms in total. The topological polar surface area (TPSA) is 70.2 Å². The molecule has 5 heteroatoms. The maximum absolute atomic E-state index is 12.1. The minimum atomic E-state index is -0.149. The zero-order chi connectivity index (χ0) is 18.2. The van der Waals surface area contributed by atoms with Gasteiger partial charge in [0.25, 0.3) is 5.91 Å². The standard InChI is InChI=1S/C19H31N3O2/c1-6-20-14(2)13-22-17(23)11-12-21-18(24)15-7-9-16(10-8-15)19(3,4)5/h7-10,14,20H,6,11-13H2,1-5H3,(H,21,24)(H,22,23)/t14-/m1/s1. The molecule has 2 amide bonds. The van der Waals surface area contributed by atoms with Crippen LogP contribution < -0.4 is 16.0 Å². The van der Waals surface area contributed by atoms with Crippen molar-refractivity contribution in [2.45, 2.75) is 52.5 Å². The van der Waals surface area contributed by atoms with Gasteiger partial charge in [-0.25, -0.2) is 0 Å². The lowest BCUT2D eigenvalue weighted by atomic mass is 9.87. The van der Waals surface area contributed by atoms with E-state index in [4.69, 9.17) is 0 Å². The maximum atomic E-state index is 12.1. The summed E-state index contributed by atoms with van der Waals surface area (Å²) in [4.78, 5) is 23.8. The van der Waals surface area contributed by atoms with Crippen LogP contribution in [-0.4, -0.2) is 37.5 Å². The molecular formula is C19H31N3O2. The predicted octanol–water partition coefficient (Wildman–Crippen LogP) is 2.22. The SMILES string of the molecule is CCN[C@H](C)CNC(=O)CCNC(=O)c1ccc(C(C)(C)C)cc1. The zero-order valence-corrected chi connectivity index (χ0v) is 15.5. The van der Waals surface area contributed by atoms with Gasteiger partial charge in [0.1, 0.15) is 0 Å². The van der Waals surface area contributed by atoms with E-state index in [1.54, 1.807) is 0 Å². The van der Waals surface area contributed by atoms with Crippen LogP contribution in [0.4, 0.5) is 0 Å². The minimum Gasteiger partial charge on any atom is -0.354 e. The van der Waals surface area contributed by atoms with Gasteiger partial charge in [0.2, 0.25) is 5.91 Å². The number of carbonyl (C=O) groups excluding carboxylic acids is 2. The molecule has 0 spiro atoms. The Morgan fingerprint density at radius 2 is 1.71 bits per heavy atom. The van der Waals surface area contributed by atoms with Crippen molar-refractivity contribution in [2.24, 2.45) is 0 Å². The lowest BCUT2D eigenvalue weighted by molar-refractivity contribution is -0.121. The molecule has 0 saturated heterocycles. The van der Waals surface area contributed by atoms with Gasteiger partial charge < -0.3 is 16.0 Å². The summed E-state index contributed by atoms with van der Waals surface area (Å²) in [6.45, 7) is 12.3. The summed E-state index contributed by atoms with van der Waals surface area (Å²) in [6, 6.07) is 7.85. The number of amides is 2. The Hall–Kier alpha value is -1.88. The van der Waals surface area contributed by atoms with Gasteiger partial charge in [0.15, 0.2) is 0 Å². The fourth-order valence-electron chi connectivity index (χ4n) is 2.29. The maximum Gasteiger partial charge on any atom is 0.251 e. The molecule has 0 aliphatic heterocycles. The van der Waals surface area contributed by atoms with E-state index in [9.17, 15) is 9.59 Å². The van der Waals surface area contributed by atoms with E-state index in [1.165, 1.54) is 5.56 Å². The lowest BCUT2D eigenvalue weighted by Gasteiger charge is -2.19. The molecule has 1 aromatic carbocycles. The molecule has 134 valence electrons. The first-order valence-electron chi connectivity index (χ1n) is 8.63. The molecule has 0 fully saturated rings. The van der Waals surface area contributed by atoms with Crippen molar-refractivity contribution < 1.29 is 9.59 Å². The molecule has 0 aromatic heterocycles. The monoisotopic (exact) mass is 333 g/mol. The Morgan fingerprint density at radius 1 is 1.08 bits per heavy atom. The highest BCUT2D eigenvalue weighted by molar-refractivity contribution is 5.94. The predicted molar refractivity (Wildman–Crippen MR) is 98.2 cm³/mol. The fraction of sp³-hybridized carbons (Fsp3) is 0.579. The van der Waals surface area contributed by atoms with Gasteiger partial charge >= 0.3 is 0 Å². The summed E-state index contributed by atoms with van der Waals surface area (Å²) in [7, 11) is 0. The Kier molecular flexibility index (Phi) is 7.92. The second-order valence-electron chi connectivity index (χ2n) is 7.10. The van der Waals surface area contributed by atoms with Crippen molar-refractivity contribution >= 4 is 11.8 Å². The fourth-order valence-corrected chi connectivity index (χ4v) is 2.29. The zero-order valence-electron chi connectivity index (χ0n) is 15.5. The van der Waals surface area contributed by atoms with E-state index >= 15 is 0 Å². The first kappa shape index (κ1) is 20.2. The Morgan fingerprint density at radius 3 is 2.25 bits per heavy atom. The number of likely N-dealkylation sites (N-methyl/N-ethyl adjacent to an activating group) is 1. The lowest BCUT2D eigenvalue weighted by Crippen LogP contribution is -2.39. The first-order chi connectivity index (χ1) is 11.2. The van der Waals surface area contributed by atoms with Crippen molar-refractivity contribution in [1.82, 2.24) is 16.0 Å². The van der Waals surface area contributed by atoms with Gasteiger partial charge in [-0.2, -0.15) is 0 Å². The first-order valence-corrected chi connectivity index (χ1v) is 8.63. The summed E-state index contributed by atoms with van der Waals surface area (Å²) in [5.41, 5.74) is 1.87. The second kappa shape index (κ2) is 9.42. The van der Waals surface area contributed by atoms with Crippen LogP contribution >= 0.6 is 0 Å². The van der Waals surface area contributed by atoms with E-state index in [0.717, 1.165) is 6.54 Å². The van der Waals surface area contributed by atoms with Crippen LogP contribution in [0.5, 0.6) is 0 Å². The summed E-state index contributed by atoms with van der Waals surface area (Å²) in [5.74, 6) is -0.201. The third kappa shape index (κ3) is 7.13. The van der Waals surface area contributed by atoms with E-state index in [0.29, 0.717) is 18.7 Å². The van der Waals surface area contributed by atoms with Gasteiger partial charge in [-0.3, -0.25) is 9.59 Å². The van der Waals surface area contributed by atoms with Crippen LogP contribution in [0.15, 0.2) is 24.3 Å². The van der Waals surface area contributed by atoms with Crippen LogP contribution in [0.2, 0.25) is 0 Å². The van der Waals surface area contributed by atoms with Gasteiger partial charge in [-0.1, -0.05) is 39.8 Å². The largest absolute Gasteiger partial charge is 0.354 e. The molecule has 1 rings (SSSR count). The highest BCUT2D eigenvalue weighted by atomic mass is 16.2. The molecule has 0 saturated carbocycles. The second-order valence-corrected chi connectivity index (χ2v) is 7.10. The van der Waals surface area contributed by atoms with E-state index in [2.05, 4.69) is 36.7 Å². The quantitative estimate of drug-likeness (QED) is 0.683. The van der Waals surface area contributed by atoms with Crippen LogP contribution in [-0.2, 0) is 10.2 Å². The smallest absolute Gasteiger partial charge is 0.251 e. The molecule has 0 heterocycles. The minimum absolute atomic E-state index is 0.0527. The van der Waals surface area contributed by atoms with Crippen LogP contribution in [0.3, 0.4) is 0 Å². The average Bonchev–Trinajstić information content (AvgIpc) is 2.52. The van der Waals surface area contributed by atoms with E-state index in [1.807, 2.05) is 38.1 Å². The van der Waals surface area contributed by atoms with E-state index in [-0.39, 0.29) is 29.7 Å². The average molecular weight is 333 g/mol. The van der Waals surface area contributed by atoms with Crippen molar-refractivity contribution in [3.63, 3.8) is 0 Å².